The molecule has 0 saturated heterocycles. The van der Waals surface area contributed by atoms with Crippen LogP contribution in [-0.4, -0.2) is 33.7 Å². The molecule has 3 aromatic rings. The predicted octanol–water partition coefficient (Wildman–Crippen LogP) is 3.75. The van der Waals surface area contributed by atoms with Crippen molar-refractivity contribution >= 4 is 40.9 Å². The lowest BCUT2D eigenvalue weighted by Crippen LogP contribution is -2.12. The molecule has 1 heterocycles. The summed E-state index contributed by atoms with van der Waals surface area (Å²) in [6, 6.07) is 10.5. The van der Waals surface area contributed by atoms with Gasteiger partial charge in [-0.05, 0) is 24.3 Å². The summed E-state index contributed by atoms with van der Waals surface area (Å²) in [5.74, 6) is 0.0134. The van der Waals surface area contributed by atoms with Crippen molar-refractivity contribution in [3.8, 4) is 5.75 Å². The Bertz CT molecular complexity index is 1070. The van der Waals surface area contributed by atoms with Gasteiger partial charge in [-0.25, -0.2) is 8.78 Å². The van der Waals surface area contributed by atoms with Gasteiger partial charge in [-0.2, -0.15) is 26.7 Å². The lowest BCUT2D eigenvalue weighted by Gasteiger charge is -2.10. The van der Waals surface area contributed by atoms with Gasteiger partial charge in [0.2, 0.25) is 17.8 Å². The van der Waals surface area contributed by atoms with Crippen molar-refractivity contribution in [2.75, 3.05) is 29.2 Å². The van der Waals surface area contributed by atoms with Crippen LogP contribution in [-0.2, 0) is 10.5 Å². The summed E-state index contributed by atoms with van der Waals surface area (Å²) in [5, 5.41) is 5.57. The summed E-state index contributed by atoms with van der Waals surface area (Å²) in [7, 11) is 1.56. The molecule has 0 aliphatic carbocycles. The standard InChI is InChI=1S/C20H20F2N6O2S/c1-30-16-5-3-2-4-15(16)25-20-27-17(26-19(23)28-20)11-31-9-8-18(29)24-12-6-7-13(21)14(22)10-12/h2-7,10H,8-9,11H2,1H3,(H,24,29)(H3,23,25,26,27,28). The minimum atomic E-state index is -1.02. The Morgan fingerprint density at radius 2 is 1.94 bits per heavy atom. The molecule has 0 bridgehead atoms. The Morgan fingerprint density at radius 3 is 2.71 bits per heavy atom. The summed E-state index contributed by atoms with van der Waals surface area (Å²) >= 11 is 1.43. The number of rotatable bonds is 9. The zero-order valence-corrected chi connectivity index (χ0v) is 17.4. The first-order valence-corrected chi connectivity index (χ1v) is 10.3. The van der Waals surface area contributed by atoms with E-state index in [0.717, 1.165) is 12.1 Å². The number of carbonyl (C=O) groups excluding carboxylic acids is 1. The Kier molecular flexibility index (Phi) is 7.55. The molecule has 11 heteroatoms. The SMILES string of the molecule is COc1ccccc1Nc1nc(N)nc(CSCCC(=O)Nc2ccc(F)c(F)c2)n1. The number of nitrogens with two attached hydrogens (primary N) is 1. The highest BCUT2D eigenvalue weighted by Crippen LogP contribution is 2.26. The number of hydrogen-bond donors (Lipinski definition) is 3. The van der Waals surface area contributed by atoms with E-state index in [1.165, 1.54) is 17.8 Å². The van der Waals surface area contributed by atoms with Gasteiger partial charge in [-0.1, -0.05) is 12.1 Å². The Morgan fingerprint density at radius 1 is 1.13 bits per heavy atom. The van der Waals surface area contributed by atoms with E-state index in [4.69, 9.17) is 10.5 Å². The number of nitrogen functional groups attached to an aromatic ring is 1. The predicted molar refractivity (Wildman–Crippen MR) is 116 cm³/mol. The first-order valence-electron chi connectivity index (χ1n) is 9.17. The maximum Gasteiger partial charge on any atom is 0.232 e. The average Bonchev–Trinajstić information content (AvgIpc) is 2.74. The molecule has 0 spiro atoms. The summed E-state index contributed by atoms with van der Waals surface area (Å²) in [6.07, 6.45) is 0.177. The lowest BCUT2D eigenvalue weighted by atomic mass is 10.3. The van der Waals surface area contributed by atoms with Crippen LogP contribution in [0.1, 0.15) is 12.2 Å². The van der Waals surface area contributed by atoms with Gasteiger partial charge in [0.25, 0.3) is 0 Å². The second kappa shape index (κ2) is 10.5. The summed E-state index contributed by atoms with van der Waals surface area (Å²) < 4.78 is 31.4. The number of aromatic nitrogens is 3. The van der Waals surface area contributed by atoms with Crippen LogP contribution in [0.25, 0.3) is 0 Å². The van der Waals surface area contributed by atoms with Crippen molar-refractivity contribution in [3.05, 3.63) is 59.9 Å². The third kappa shape index (κ3) is 6.51. The third-order valence-electron chi connectivity index (χ3n) is 3.96. The monoisotopic (exact) mass is 446 g/mol. The molecule has 0 aliphatic heterocycles. The van der Waals surface area contributed by atoms with Gasteiger partial charge in [-0.3, -0.25) is 4.79 Å². The molecule has 0 unspecified atom stereocenters. The van der Waals surface area contributed by atoms with Crippen molar-refractivity contribution in [1.82, 2.24) is 15.0 Å². The van der Waals surface area contributed by atoms with Crippen LogP contribution in [0.15, 0.2) is 42.5 Å². The van der Waals surface area contributed by atoms with E-state index >= 15 is 0 Å². The van der Waals surface area contributed by atoms with E-state index in [9.17, 15) is 13.6 Å². The van der Waals surface area contributed by atoms with Gasteiger partial charge in [0.05, 0.1) is 18.6 Å². The number of hydrogen-bond acceptors (Lipinski definition) is 8. The smallest absolute Gasteiger partial charge is 0.232 e. The van der Waals surface area contributed by atoms with Crippen molar-refractivity contribution < 1.29 is 18.3 Å². The number of anilines is 4. The molecule has 1 amide bonds. The van der Waals surface area contributed by atoms with Crippen molar-refractivity contribution in [1.29, 1.82) is 0 Å². The number of thioether (sulfide) groups is 1. The third-order valence-corrected chi connectivity index (χ3v) is 4.92. The van der Waals surface area contributed by atoms with Gasteiger partial charge in [0.15, 0.2) is 11.6 Å². The topological polar surface area (TPSA) is 115 Å². The second-order valence-corrected chi connectivity index (χ2v) is 7.34. The Hall–Kier alpha value is -3.47. The number of methoxy groups -OCH3 is 1. The van der Waals surface area contributed by atoms with Gasteiger partial charge in [0, 0.05) is 23.9 Å². The average molecular weight is 446 g/mol. The van der Waals surface area contributed by atoms with Crippen LogP contribution < -0.4 is 21.1 Å². The molecule has 0 radical (unpaired) electrons. The second-order valence-electron chi connectivity index (χ2n) is 6.24. The zero-order chi connectivity index (χ0) is 22.2. The van der Waals surface area contributed by atoms with Crippen LogP contribution in [0.2, 0.25) is 0 Å². The van der Waals surface area contributed by atoms with E-state index in [2.05, 4.69) is 25.6 Å². The largest absolute Gasteiger partial charge is 0.495 e. The van der Waals surface area contributed by atoms with Crippen LogP contribution >= 0.6 is 11.8 Å². The fourth-order valence-electron chi connectivity index (χ4n) is 2.55. The molecular formula is C20H20F2N6O2S. The van der Waals surface area contributed by atoms with Gasteiger partial charge in [0.1, 0.15) is 11.6 Å². The first-order chi connectivity index (χ1) is 14.9. The van der Waals surface area contributed by atoms with E-state index in [0.29, 0.717) is 28.8 Å². The number of amides is 1. The zero-order valence-electron chi connectivity index (χ0n) is 16.6. The number of carbonyl (C=O) groups is 1. The molecular weight excluding hydrogens is 426 g/mol. The molecule has 162 valence electrons. The number of benzene rings is 2. The van der Waals surface area contributed by atoms with Crippen molar-refractivity contribution in [3.63, 3.8) is 0 Å². The maximum absolute atomic E-state index is 13.2. The number of ether oxygens (including phenoxy) is 1. The van der Waals surface area contributed by atoms with E-state index in [1.807, 2.05) is 18.2 Å². The molecule has 0 fully saturated rings. The normalized spacial score (nSPS) is 10.5. The quantitative estimate of drug-likeness (QED) is 0.426. The van der Waals surface area contributed by atoms with Gasteiger partial charge < -0.3 is 21.1 Å². The Labute approximate surface area is 181 Å². The fourth-order valence-corrected chi connectivity index (χ4v) is 3.34. The minimum Gasteiger partial charge on any atom is -0.495 e. The highest BCUT2D eigenvalue weighted by atomic mass is 32.2. The molecule has 31 heavy (non-hydrogen) atoms. The molecule has 4 N–H and O–H groups in total. The number of halogens is 2. The van der Waals surface area contributed by atoms with Crippen molar-refractivity contribution in [2.45, 2.75) is 12.2 Å². The molecule has 0 aliphatic rings. The highest BCUT2D eigenvalue weighted by Gasteiger charge is 2.10. The molecule has 3 rings (SSSR count). The molecule has 0 saturated carbocycles. The number of nitrogens with one attached hydrogen (secondary N) is 2. The van der Waals surface area contributed by atoms with Crippen LogP contribution in [0.5, 0.6) is 5.75 Å². The summed E-state index contributed by atoms with van der Waals surface area (Å²) in [6.45, 7) is 0. The first kappa shape index (κ1) is 22.2. The fraction of sp³-hybridized carbons (Fsp3) is 0.200. The Balaban J connectivity index is 1.51. The van der Waals surface area contributed by atoms with Crippen LogP contribution in [0.3, 0.4) is 0 Å². The minimum absolute atomic E-state index is 0.0686. The van der Waals surface area contributed by atoms with Gasteiger partial charge in [-0.15, -0.1) is 0 Å². The molecule has 8 nitrogen and oxygen atoms in total. The van der Waals surface area contributed by atoms with E-state index in [-0.39, 0.29) is 29.9 Å². The van der Waals surface area contributed by atoms with Crippen LogP contribution in [0.4, 0.5) is 32.1 Å². The number of para-hydroxylation sites is 2. The van der Waals surface area contributed by atoms with Crippen molar-refractivity contribution in [2.24, 2.45) is 0 Å². The molecule has 2 aromatic carbocycles. The summed E-state index contributed by atoms with van der Waals surface area (Å²) in [4.78, 5) is 24.5. The number of nitrogens with zero attached hydrogens (tertiary/aromatic N) is 3. The molecule has 1 aromatic heterocycles. The maximum atomic E-state index is 13.2. The van der Waals surface area contributed by atoms with Crippen LogP contribution in [0, 0.1) is 11.6 Å². The highest BCUT2D eigenvalue weighted by molar-refractivity contribution is 7.98. The van der Waals surface area contributed by atoms with Gasteiger partial charge >= 0.3 is 0 Å². The summed E-state index contributed by atoms with van der Waals surface area (Å²) in [5.41, 5.74) is 6.66. The van der Waals surface area contributed by atoms with E-state index < -0.39 is 11.6 Å². The van der Waals surface area contributed by atoms with E-state index in [1.54, 1.807) is 13.2 Å². The lowest BCUT2D eigenvalue weighted by molar-refractivity contribution is -0.115. The molecule has 0 atom stereocenters.